The van der Waals surface area contributed by atoms with E-state index in [2.05, 4.69) is 90.4 Å². The van der Waals surface area contributed by atoms with Crippen molar-refractivity contribution in [2.75, 3.05) is 12.3 Å². The fraction of sp³-hybridized carbons (Fsp3) is 0.792. The maximum atomic E-state index is 10.4. The van der Waals surface area contributed by atoms with E-state index in [0.29, 0.717) is 17.0 Å². The topological polar surface area (TPSA) is 118 Å². The third-order valence-corrected chi connectivity index (χ3v) is 14.7. The zero-order chi connectivity index (χ0) is 26.6. The molecule has 3 rings (SSSR count). The number of imidazole rings is 1. The highest BCUT2D eigenvalue weighted by atomic mass is 28.4. The second-order valence-electron chi connectivity index (χ2n) is 13.1. The van der Waals surface area contributed by atoms with Crippen LogP contribution in [0.4, 0.5) is 5.82 Å². The molecule has 2 aromatic heterocycles. The summed E-state index contributed by atoms with van der Waals surface area (Å²) >= 11 is 0. The van der Waals surface area contributed by atoms with Crippen molar-refractivity contribution in [1.82, 2.24) is 19.5 Å². The molecule has 1 fully saturated rings. The number of aromatic nitrogens is 4. The van der Waals surface area contributed by atoms with Crippen molar-refractivity contribution >= 4 is 34.3 Å². The van der Waals surface area contributed by atoms with Gasteiger partial charge in [-0.1, -0.05) is 62.3 Å². The van der Waals surface area contributed by atoms with E-state index in [1.807, 2.05) is 4.57 Å². The highest BCUT2D eigenvalue weighted by molar-refractivity contribution is 6.74. The van der Waals surface area contributed by atoms with Gasteiger partial charge in [0.05, 0.1) is 12.9 Å². The van der Waals surface area contributed by atoms with E-state index in [1.54, 1.807) is 6.33 Å². The molecule has 3 heterocycles. The van der Waals surface area contributed by atoms with E-state index >= 15 is 0 Å². The lowest BCUT2D eigenvalue weighted by Crippen LogP contribution is -2.52. The zero-order valence-electron chi connectivity index (χ0n) is 23.2. The van der Waals surface area contributed by atoms with Crippen LogP contribution in [0, 0.1) is 0 Å². The molecular formula is C24H44N5O4Si2. The van der Waals surface area contributed by atoms with Crippen molar-refractivity contribution in [2.45, 2.75) is 115 Å². The molecule has 2 aromatic rings. The van der Waals surface area contributed by atoms with E-state index in [-0.39, 0.29) is 21.7 Å². The first kappa shape index (κ1) is 28.2. The van der Waals surface area contributed by atoms with Crippen LogP contribution >= 0.6 is 0 Å². The zero-order valence-corrected chi connectivity index (χ0v) is 25.2. The number of hydrogen-bond donors (Lipinski definition) is 2. The van der Waals surface area contributed by atoms with Crippen LogP contribution < -0.4 is 5.73 Å². The molecule has 2 unspecified atom stereocenters. The number of rotatable bonds is 6. The summed E-state index contributed by atoms with van der Waals surface area (Å²) in [5.41, 5.74) is 7.14. The molecule has 1 aliphatic heterocycles. The molecule has 0 spiro atoms. The summed E-state index contributed by atoms with van der Waals surface area (Å²) in [6, 6.07) is 0. The summed E-state index contributed by atoms with van der Waals surface area (Å²) < 4.78 is 22.3. The van der Waals surface area contributed by atoms with Crippen LogP contribution in [-0.4, -0.2) is 66.9 Å². The second kappa shape index (κ2) is 9.49. The van der Waals surface area contributed by atoms with Gasteiger partial charge < -0.3 is 24.4 Å². The fourth-order valence-electron chi connectivity index (χ4n) is 4.53. The molecule has 0 bridgehead atoms. The first-order chi connectivity index (χ1) is 15.9. The van der Waals surface area contributed by atoms with Gasteiger partial charge in [0.15, 0.2) is 26.0 Å². The summed E-state index contributed by atoms with van der Waals surface area (Å²) in [5.74, 6) is 0.311. The van der Waals surface area contributed by atoms with Gasteiger partial charge in [-0.2, -0.15) is 0 Å². The van der Waals surface area contributed by atoms with Crippen LogP contribution in [0.25, 0.3) is 11.2 Å². The lowest BCUT2D eigenvalue weighted by Gasteiger charge is -2.44. The highest BCUT2D eigenvalue weighted by Gasteiger charge is 2.54. The normalized spacial score (nSPS) is 24.6. The predicted molar refractivity (Wildman–Crippen MR) is 143 cm³/mol. The predicted octanol–water partition coefficient (Wildman–Crippen LogP) is 4.67. The Labute approximate surface area is 212 Å². The standard InChI is InChI=1S/C24H44N5O4Si2/c1-22(2,3)34(23(4,5)6)32-17-15(12-30)31-21(18(17)33-35(10,11)24(7,8)9)29-14-28-16-19(25)26-13-27-20(16)29/h13-15,17-18,21,30H,12H2,1-11H3,(H2,25,26,27)/t15-,17?,18?,21-/m1/s1. The summed E-state index contributed by atoms with van der Waals surface area (Å²) in [5, 5.41) is 10.3. The number of anilines is 1. The quantitative estimate of drug-likeness (QED) is 0.526. The SMILES string of the molecule is CC(C)(C)[Si](OC1C(O[Si](C)(C)C(C)(C)C)[C@H](n2cnc3c(N)ncnc32)O[C@@H]1CO)C(C)(C)C. The van der Waals surface area contributed by atoms with Gasteiger partial charge in [0.25, 0.3) is 0 Å². The Kier molecular flexibility index (Phi) is 7.65. The van der Waals surface area contributed by atoms with Crippen LogP contribution in [0.5, 0.6) is 0 Å². The molecule has 0 amide bonds. The number of fused-ring (bicyclic) bond motifs is 1. The van der Waals surface area contributed by atoms with Crippen LogP contribution in [0.2, 0.25) is 28.2 Å². The molecule has 0 aliphatic carbocycles. The number of hydrogen-bond acceptors (Lipinski definition) is 8. The Balaban J connectivity index is 2.12. The summed E-state index contributed by atoms with van der Waals surface area (Å²) in [6.45, 7) is 24.2. The molecule has 1 saturated heterocycles. The lowest BCUT2D eigenvalue weighted by atomic mass is 10.1. The summed E-state index contributed by atoms with van der Waals surface area (Å²) in [4.78, 5) is 12.9. The number of nitrogen functional groups attached to an aromatic ring is 1. The van der Waals surface area contributed by atoms with Crippen LogP contribution in [-0.2, 0) is 13.6 Å². The minimum atomic E-state index is -2.25. The molecule has 1 radical (unpaired) electrons. The molecule has 3 N–H and O–H groups in total. The summed E-state index contributed by atoms with van der Waals surface area (Å²) in [7, 11) is -3.64. The third-order valence-electron chi connectivity index (χ3n) is 6.98. The van der Waals surface area contributed by atoms with Gasteiger partial charge >= 0.3 is 0 Å². The maximum absolute atomic E-state index is 10.4. The molecule has 0 saturated carbocycles. The highest BCUT2D eigenvalue weighted by Crippen LogP contribution is 2.47. The van der Waals surface area contributed by atoms with Crippen molar-refractivity contribution in [1.29, 1.82) is 0 Å². The van der Waals surface area contributed by atoms with E-state index in [1.165, 1.54) is 6.33 Å². The maximum Gasteiger partial charge on any atom is 0.223 e. The van der Waals surface area contributed by atoms with Gasteiger partial charge in [0, 0.05) is 0 Å². The Morgan fingerprint density at radius 1 is 1.03 bits per heavy atom. The molecule has 197 valence electrons. The molecule has 4 atom stereocenters. The average Bonchev–Trinajstić information content (AvgIpc) is 3.25. The Morgan fingerprint density at radius 2 is 1.63 bits per heavy atom. The Morgan fingerprint density at radius 3 is 2.14 bits per heavy atom. The fourth-order valence-corrected chi connectivity index (χ4v) is 9.33. The van der Waals surface area contributed by atoms with Crippen molar-refractivity contribution in [3.05, 3.63) is 12.7 Å². The average molecular weight is 523 g/mol. The van der Waals surface area contributed by atoms with Crippen molar-refractivity contribution in [3.8, 4) is 0 Å². The van der Waals surface area contributed by atoms with E-state index in [9.17, 15) is 5.11 Å². The smallest absolute Gasteiger partial charge is 0.223 e. The molecule has 11 heteroatoms. The van der Waals surface area contributed by atoms with Crippen LogP contribution in [0.15, 0.2) is 12.7 Å². The third kappa shape index (κ3) is 5.64. The first-order valence-corrected chi connectivity index (χ1v) is 16.6. The van der Waals surface area contributed by atoms with E-state index < -0.39 is 41.9 Å². The number of nitrogens with zero attached hydrogens (tertiary/aromatic N) is 4. The van der Waals surface area contributed by atoms with Gasteiger partial charge in [-0.15, -0.1) is 0 Å². The van der Waals surface area contributed by atoms with Crippen molar-refractivity contribution in [2.24, 2.45) is 0 Å². The van der Waals surface area contributed by atoms with Gasteiger partial charge in [-0.3, -0.25) is 4.57 Å². The Bertz CT molecular complexity index is 1010. The molecular weight excluding hydrogens is 478 g/mol. The molecule has 0 aromatic carbocycles. The van der Waals surface area contributed by atoms with Gasteiger partial charge in [0.1, 0.15) is 30.2 Å². The minimum Gasteiger partial charge on any atom is -0.407 e. The van der Waals surface area contributed by atoms with E-state index in [4.69, 9.17) is 19.3 Å². The minimum absolute atomic E-state index is 0.0230. The van der Waals surface area contributed by atoms with Crippen molar-refractivity contribution in [3.63, 3.8) is 0 Å². The Hall–Kier alpha value is -1.38. The monoisotopic (exact) mass is 522 g/mol. The molecule has 35 heavy (non-hydrogen) atoms. The molecule has 9 nitrogen and oxygen atoms in total. The first-order valence-electron chi connectivity index (χ1n) is 12.3. The number of nitrogens with two attached hydrogens (primary N) is 1. The van der Waals surface area contributed by atoms with Crippen LogP contribution in [0.1, 0.15) is 68.5 Å². The van der Waals surface area contributed by atoms with Crippen LogP contribution in [0.3, 0.4) is 0 Å². The number of aliphatic hydroxyl groups excluding tert-OH is 1. The van der Waals surface area contributed by atoms with Gasteiger partial charge in [-0.25, -0.2) is 15.0 Å². The largest absolute Gasteiger partial charge is 0.407 e. The molecule has 1 aliphatic rings. The van der Waals surface area contributed by atoms with Gasteiger partial charge in [0.2, 0.25) is 9.04 Å². The summed E-state index contributed by atoms with van der Waals surface area (Å²) in [6.07, 6.45) is 1.07. The second-order valence-corrected chi connectivity index (χ2v) is 21.7. The van der Waals surface area contributed by atoms with Gasteiger partial charge in [-0.05, 0) is 28.2 Å². The van der Waals surface area contributed by atoms with E-state index in [0.717, 1.165) is 0 Å². The van der Waals surface area contributed by atoms with Crippen molar-refractivity contribution < 1.29 is 18.7 Å². The number of aliphatic hydroxyl groups is 1. The lowest BCUT2D eigenvalue weighted by molar-refractivity contribution is -0.0490. The number of ether oxygens (including phenoxy) is 1.